The highest BCUT2D eigenvalue weighted by atomic mass is 35.5. The van der Waals surface area contributed by atoms with Crippen molar-refractivity contribution < 1.29 is 4.57 Å². The minimum Gasteiger partial charge on any atom is -0.297 e. The first-order chi connectivity index (χ1) is 9.10. The lowest BCUT2D eigenvalue weighted by atomic mass is 10.4. The van der Waals surface area contributed by atoms with Crippen LogP contribution in [0.2, 0.25) is 0 Å². The minimum atomic E-state index is -2.87. The molecule has 0 atom stereocenters. The monoisotopic (exact) mass is 348 g/mol. The molecule has 0 unspecified atom stereocenters. The first-order valence-corrected chi connectivity index (χ1v) is 11.0. The van der Waals surface area contributed by atoms with Crippen molar-refractivity contribution in [2.24, 2.45) is 0 Å². The van der Waals surface area contributed by atoms with Crippen LogP contribution in [-0.4, -0.2) is 4.58 Å². The fourth-order valence-corrected chi connectivity index (χ4v) is 9.10. The summed E-state index contributed by atoms with van der Waals surface area (Å²) >= 11 is 14.4. The van der Waals surface area contributed by atoms with Crippen LogP contribution in [-0.2, 0) is 4.57 Å². The first-order valence-electron chi connectivity index (χ1n) is 5.47. The molecule has 0 radical (unpaired) electrons. The van der Waals surface area contributed by atoms with Crippen molar-refractivity contribution in [3.8, 4) is 0 Å². The lowest BCUT2D eigenvalue weighted by Gasteiger charge is -2.17. The molecule has 0 heterocycles. The van der Waals surface area contributed by atoms with E-state index in [1.807, 2.05) is 60.7 Å². The van der Waals surface area contributed by atoms with Crippen molar-refractivity contribution in [2.75, 3.05) is 0 Å². The largest absolute Gasteiger partial charge is 0.297 e. The second-order valence-electron chi connectivity index (χ2n) is 3.63. The Morgan fingerprint density at radius 1 is 0.789 bits per heavy atom. The van der Waals surface area contributed by atoms with Gasteiger partial charge in [0.15, 0.2) is 4.58 Å². The lowest BCUT2D eigenvalue weighted by molar-refractivity contribution is 0.595. The van der Waals surface area contributed by atoms with Crippen LogP contribution < -0.4 is 0 Å². The average molecular weight is 349 g/mol. The van der Waals surface area contributed by atoms with Gasteiger partial charge in [-0.05, 0) is 47.0 Å². The van der Waals surface area contributed by atoms with Crippen molar-refractivity contribution in [3.63, 3.8) is 0 Å². The Hall–Kier alpha value is -0.0500. The molecule has 0 saturated heterocycles. The zero-order chi connectivity index (χ0) is 13.7. The summed E-state index contributed by atoms with van der Waals surface area (Å²) in [6.45, 7) is 0. The van der Waals surface area contributed by atoms with Crippen LogP contribution in [0.3, 0.4) is 0 Å². The normalized spacial score (nSPS) is 11.7. The van der Waals surface area contributed by atoms with Gasteiger partial charge in [0.1, 0.15) is 0 Å². The van der Waals surface area contributed by atoms with Crippen molar-refractivity contribution in [3.05, 3.63) is 60.7 Å². The maximum Gasteiger partial charge on any atom is 0.231 e. The standard InChI is InChI=1S/C13H11Cl2OPS2/c14-13(15)17(16,18-11-7-3-1-4-8-11)19-12-9-5-2-6-10-12/h1-10,13H. The molecule has 0 amide bonds. The number of halogens is 2. The van der Waals surface area contributed by atoms with Crippen LogP contribution in [0.4, 0.5) is 0 Å². The number of hydrogen-bond donors (Lipinski definition) is 0. The highest BCUT2D eigenvalue weighted by Gasteiger charge is 2.33. The van der Waals surface area contributed by atoms with Crippen molar-refractivity contribution in [2.45, 2.75) is 14.4 Å². The molecule has 1 nitrogen and oxygen atoms in total. The van der Waals surface area contributed by atoms with Gasteiger partial charge in [0, 0.05) is 9.79 Å². The van der Waals surface area contributed by atoms with Crippen LogP contribution in [0.15, 0.2) is 70.5 Å². The van der Waals surface area contributed by atoms with E-state index in [0.717, 1.165) is 9.79 Å². The Kier molecular flexibility index (Phi) is 5.73. The van der Waals surface area contributed by atoms with Crippen molar-refractivity contribution in [1.29, 1.82) is 0 Å². The average Bonchev–Trinajstić information content (AvgIpc) is 2.40. The fourth-order valence-electron chi connectivity index (χ4n) is 1.35. The molecule has 0 fully saturated rings. The summed E-state index contributed by atoms with van der Waals surface area (Å²) < 4.78 is 12.0. The van der Waals surface area contributed by atoms with Gasteiger partial charge in [-0.3, -0.25) is 4.57 Å². The quantitative estimate of drug-likeness (QED) is 0.451. The molecule has 0 bridgehead atoms. The smallest absolute Gasteiger partial charge is 0.231 e. The number of alkyl halides is 2. The zero-order valence-electron chi connectivity index (χ0n) is 9.78. The van der Waals surface area contributed by atoms with Gasteiger partial charge in [0.25, 0.3) is 0 Å². The summed E-state index contributed by atoms with van der Waals surface area (Å²) in [6, 6.07) is 19.0. The molecule has 19 heavy (non-hydrogen) atoms. The van der Waals surface area contributed by atoms with Gasteiger partial charge in [-0.2, -0.15) is 0 Å². The van der Waals surface area contributed by atoms with Crippen LogP contribution in [0.5, 0.6) is 0 Å². The SMILES string of the molecule is O=P(Sc1ccccc1)(Sc1ccccc1)C(Cl)Cl. The van der Waals surface area contributed by atoms with Crippen molar-refractivity contribution >= 4 is 51.5 Å². The predicted octanol–water partition coefficient (Wildman–Crippen LogP) is 6.53. The zero-order valence-corrected chi connectivity index (χ0v) is 13.8. The van der Waals surface area contributed by atoms with E-state index in [4.69, 9.17) is 23.2 Å². The molecule has 2 rings (SSSR count). The lowest BCUT2D eigenvalue weighted by Crippen LogP contribution is -1.84. The molecule has 0 aliphatic heterocycles. The van der Waals surface area contributed by atoms with Crippen LogP contribution in [0.1, 0.15) is 0 Å². The molecule has 0 saturated carbocycles. The van der Waals surface area contributed by atoms with Crippen LogP contribution >= 0.6 is 51.5 Å². The Morgan fingerprint density at radius 2 is 1.16 bits per heavy atom. The first kappa shape index (κ1) is 15.3. The van der Waals surface area contributed by atoms with E-state index in [9.17, 15) is 4.57 Å². The maximum atomic E-state index is 12.9. The van der Waals surface area contributed by atoms with Gasteiger partial charge in [0.2, 0.25) is 5.55 Å². The van der Waals surface area contributed by atoms with E-state index in [-0.39, 0.29) is 0 Å². The molecule has 6 heteroatoms. The Balaban J connectivity index is 2.21. The topological polar surface area (TPSA) is 17.1 Å². The second kappa shape index (κ2) is 7.10. The molecular weight excluding hydrogens is 338 g/mol. The number of rotatable bonds is 5. The van der Waals surface area contributed by atoms with Gasteiger partial charge in [0.05, 0.1) is 0 Å². The molecule has 0 aliphatic carbocycles. The predicted molar refractivity (Wildman–Crippen MR) is 87.7 cm³/mol. The van der Waals surface area contributed by atoms with E-state index in [2.05, 4.69) is 0 Å². The maximum absolute atomic E-state index is 12.9. The van der Waals surface area contributed by atoms with E-state index in [1.165, 1.54) is 22.8 Å². The molecule has 0 aromatic heterocycles. The summed E-state index contributed by atoms with van der Waals surface area (Å²) in [7, 11) is 0. The van der Waals surface area contributed by atoms with E-state index in [1.54, 1.807) is 0 Å². The van der Waals surface area contributed by atoms with E-state index in [0.29, 0.717) is 0 Å². The molecular formula is C13H11Cl2OPS2. The highest BCUT2D eigenvalue weighted by Crippen LogP contribution is 2.77. The third-order valence-corrected chi connectivity index (χ3v) is 12.6. The van der Waals surface area contributed by atoms with Crippen LogP contribution in [0.25, 0.3) is 0 Å². The highest BCUT2D eigenvalue weighted by molar-refractivity contribution is 8.91. The molecule has 2 aromatic carbocycles. The Bertz CT molecular complexity index is 518. The number of benzene rings is 2. The van der Waals surface area contributed by atoms with E-state index < -0.39 is 10.1 Å². The molecule has 0 spiro atoms. The molecule has 100 valence electrons. The van der Waals surface area contributed by atoms with Gasteiger partial charge in [-0.25, -0.2) is 0 Å². The second-order valence-corrected chi connectivity index (χ2v) is 13.3. The summed E-state index contributed by atoms with van der Waals surface area (Å²) in [5, 5.41) is 0. The summed E-state index contributed by atoms with van der Waals surface area (Å²) in [5.41, 5.74) is -2.87. The number of hydrogen-bond acceptors (Lipinski definition) is 3. The van der Waals surface area contributed by atoms with E-state index >= 15 is 0 Å². The van der Waals surface area contributed by atoms with Gasteiger partial charge in [-0.15, -0.1) is 0 Å². The summed E-state index contributed by atoms with van der Waals surface area (Å²) in [4.78, 5) is 1.81. The summed E-state index contributed by atoms with van der Waals surface area (Å²) in [6.07, 6.45) is 0. The fraction of sp³-hybridized carbons (Fsp3) is 0.0769. The van der Waals surface area contributed by atoms with Gasteiger partial charge < -0.3 is 0 Å². The van der Waals surface area contributed by atoms with Crippen LogP contribution in [0, 0.1) is 0 Å². The molecule has 0 N–H and O–H groups in total. The Morgan fingerprint density at radius 3 is 1.47 bits per heavy atom. The summed E-state index contributed by atoms with van der Waals surface area (Å²) in [5.74, 6) is 0. The molecule has 2 aromatic rings. The Labute approximate surface area is 130 Å². The third-order valence-electron chi connectivity index (χ3n) is 2.19. The van der Waals surface area contributed by atoms with Gasteiger partial charge >= 0.3 is 0 Å². The van der Waals surface area contributed by atoms with Gasteiger partial charge in [-0.1, -0.05) is 59.6 Å². The third kappa shape index (κ3) is 4.47. The minimum absolute atomic E-state index is 0.903. The van der Waals surface area contributed by atoms with Crippen molar-refractivity contribution in [1.82, 2.24) is 0 Å². The molecule has 0 aliphatic rings.